The minimum Gasteiger partial charge on any atom is -0.444 e. The van der Waals surface area contributed by atoms with E-state index in [2.05, 4.69) is 9.88 Å². The van der Waals surface area contributed by atoms with Crippen molar-refractivity contribution in [2.45, 2.75) is 32.9 Å². The Balaban J connectivity index is 1.52. The predicted molar refractivity (Wildman–Crippen MR) is 95.0 cm³/mol. The molecule has 1 fully saturated rings. The number of hydrogen-bond acceptors (Lipinski definition) is 5. The molecule has 0 saturated carbocycles. The van der Waals surface area contributed by atoms with Gasteiger partial charge in [-0.2, -0.15) is 0 Å². The number of carbonyl (C=O) groups excluding carboxylic acids is 1. The maximum absolute atomic E-state index is 13.0. The molecule has 0 atom stereocenters. The molecule has 0 N–H and O–H groups in total. The summed E-state index contributed by atoms with van der Waals surface area (Å²) in [7, 11) is 0. The van der Waals surface area contributed by atoms with Crippen LogP contribution in [0.25, 0.3) is 11.5 Å². The van der Waals surface area contributed by atoms with Crippen LogP contribution in [-0.2, 0) is 11.3 Å². The normalized spacial score (nSPS) is 15.9. The zero-order valence-corrected chi connectivity index (χ0v) is 15.4. The number of halogens is 1. The second-order valence-electron chi connectivity index (χ2n) is 7.39. The van der Waals surface area contributed by atoms with E-state index in [-0.39, 0.29) is 11.9 Å². The van der Waals surface area contributed by atoms with Crippen molar-refractivity contribution in [1.82, 2.24) is 14.8 Å². The highest BCUT2D eigenvalue weighted by atomic mass is 19.1. The van der Waals surface area contributed by atoms with Crippen molar-refractivity contribution in [2.75, 3.05) is 26.2 Å². The van der Waals surface area contributed by atoms with Crippen LogP contribution in [0, 0.1) is 5.82 Å². The maximum atomic E-state index is 13.0. The average Bonchev–Trinajstić information content (AvgIpc) is 3.03. The summed E-state index contributed by atoms with van der Waals surface area (Å²) in [6.45, 7) is 8.98. The first kappa shape index (κ1) is 18.4. The van der Waals surface area contributed by atoms with Crippen molar-refractivity contribution in [3.05, 3.63) is 42.0 Å². The molecule has 1 saturated heterocycles. The van der Waals surface area contributed by atoms with Gasteiger partial charge in [-0.3, -0.25) is 4.90 Å². The summed E-state index contributed by atoms with van der Waals surface area (Å²) in [4.78, 5) is 20.5. The van der Waals surface area contributed by atoms with E-state index in [0.29, 0.717) is 25.5 Å². The van der Waals surface area contributed by atoms with Crippen LogP contribution in [0.4, 0.5) is 9.18 Å². The zero-order valence-electron chi connectivity index (χ0n) is 15.4. The lowest BCUT2D eigenvalue weighted by atomic mass is 10.2. The van der Waals surface area contributed by atoms with E-state index in [4.69, 9.17) is 9.15 Å². The summed E-state index contributed by atoms with van der Waals surface area (Å²) in [6, 6.07) is 6.05. The van der Waals surface area contributed by atoms with Gasteiger partial charge in [0.15, 0.2) is 0 Å². The highest BCUT2D eigenvalue weighted by Gasteiger charge is 2.26. The van der Waals surface area contributed by atoms with E-state index in [9.17, 15) is 9.18 Å². The first-order chi connectivity index (χ1) is 12.3. The van der Waals surface area contributed by atoms with Gasteiger partial charge in [0.1, 0.15) is 17.7 Å². The smallest absolute Gasteiger partial charge is 0.410 e. The molecule has 26 heavy (non-hydrogen) atoms. The van der Waals surface area contributed by atoms with Gasteiger partial charge in [0.25, 0.3) is 0 Å². The van der Waals surface area contributed by atoms with E-state index in [1.807, 2.05) is 20.8 Å². The van der Waals surface area contributed by atoms with Crippen LogP contribution in [0.15, 0.2) is 34.9 Å². The molecular formula is C19H24FN3O3. The summed E-state index contributed by atoms with van der Waals surface area (Å²) < 4.78 is 23.9. The Morgan fingerprint density at radius 3 is 2.46 bits per heavy atom. The van der Waals surface area contributed by atoms with Gasteiger partial charge < -0.3 is 14.1 Å². The topological polar surface area (TPSA) is 58.8 Å². The Morgan fingerprint density at radius 2 is 1.85 bits per heavy atom. The minimum atomic E-state index is -0.480. The number of amides is 1. The zero-order chi connectivity index (χ0) is 18.7. The van der Waals surface area contributed by atoms with Crippen LogP contribution in [0.1, 0.15) is 26.5 Å². The summed E-state index contributed by atoms with van der Waals surface area (Å²) in [5.41, 5.74) is 1.08. The van der Waals surface area contributed by atoms with E-state index < -0.39 is 5.60 Å². The lowest BCUT2D eigenvalue weighted by Crippen LogP contribution is -2.49. The number of hydrogen-bond donors (Lipinski definition) is 0. The fourth-order valence-electron chi connectivity index (χ4n) is 2.75. The predicted octanol–water partition coefficient (Wildman–Crippen LogP) is 3.53. The summed E-state index contributed by atoms with van der Waals surface area (Å²) >= 11 is 0. The highest BCUT2D eigenvalue weighted by molar-refractivity contribution is 5.68. The molecule has 0 spiro atoms. The van der Waals surface area contributed by atoms with Gasteiger partial charge in [-0.05, 0) is 45.0 Å². The van der Waals surface area contributed by atoms with Crippen LogP contribution < -0.4 is 0 Å². The molecule has 1 amide bonds. The number of oxazole rings is 1. The van der Waals surface area contributed by atoms with Crippen LogP contribution >= 0.6 is 0 Å². The molecule has 3 rings (SSSR count). The standard InChI is InChI=1S/C19H24FN3O3/c1-19(2,3)26-18(24)23-10-8-22(9-11-23)12-16-13-25-17(21-16)14-4-6-15(20)7-5-14/h4-7,13H,8-12H2,1-3H3. The van der Waals surface area contributed by atoms with Crippen molar-refractivity contribution >= 4 is 6.09 Å². The third kappa shape index (κ3) is 4.82. The number of carbonyl (C=O) groups is 1. The number of nitrogens with zero attached hydrogens (tertiary/aromatic N) is 3. The van der Waals surface area contributed by atoms with E-state index in [1.54, 1.807) is 23.3 Å². The molecule has 0 radical (unpaired) electrons. The number of ether oxygens (including phenoxy) is 1. The summed E-state index contributed by atoms with van der Waals surface area (Å²) in [5, 5.41) is 0. The molecule has 1 aromatic carbocycles. The van der Waals surface area contributed by atoms with Crippen LogP contribution in [0.2, 0.25) is 0 Å². The van der Waals surface area contributed by atoms with Gasteiger partial charge in [0.2, 0.25) is 5.89 Å². The third-order valence-corrected chi connectivity index (χ3v) is 4.05. The Morgan fingerprint density at radius 1 is 1.19 bits per heavy atom. The maximum Gasteiger partial charge on any atom is 0.410 e. The van der Waals surface area contributed by atoms with Crippen molar-refractivity contribution in [3.8, 4) is 11.5 Å². The number of benzene rings is 1. The van der Waals surface area contributed by atoms with Crippen LogP contribution in [-0.4, -0.2) is 52.7 Å². The van der Waals surface area contributed by atoms with Crippen LogP contribution in [0.3, 0.4) is 0 Å². The monoisotopic (exact) mass is 361 g/mol. The first-order valence-corrected chi connectivity index (χ1v) is 8.71. The molecule has 140 valence electrons. The molecule has 1 aliphatic heterocycles. The lowest BCUT2D eigenvalue weighted by Gasteiger charge is -2.35. The number of piperazine rings is 1. The quantitative estimate of drug-likeness (QED) is 0.837. The largest absolute Gasteiger partial charge is 0.444 e. The second-order valence-corrected chi connectivity index (χ2v) is 7.39. The van der Waals surface area contributed by atoms with Gasteiger partial charge in [0, 0.05) is 38.3 Å². The van der Waals surface area contributed by atoms with Gasteiger partial charge >= 0.3 is 6.09 Å². The average molecular weight is 361 g/mol. The van der Waals surface area contributed by atoms with Crippen LogP contribution in [0.5, 0.6) is 0 Å². The Hall–Kier alpha value is -2.41. The van der Waals surface area contributed by atoms with Crippen molar-refractivity contribution in [2.24, 2.45) is 0 Å². The number of aromatic nitrogens is 1. The molecule has 6 nitrogen and oxygen atoms in total. The van der Waals surface area contributed by atoms with E-state index in [1.165, 1.54) is 12.1 Å². The highest BCUT2D eigenvalue weighted by Crippen LogP contribution is 2.20. The molecular weight excluding hydrogens is 337 g/mol. The Bertz CT molecular complexity index is 744. The number of rotatable bonds is 3. The van der Waals surface area contributed by atoms with Crippen molar-refractivity contribution in [1.29, 1.82) is 0 Å². The minimum absolute atomic E-state index is 0.266. The molecule has 0 bridgehead atoms. The molecule has 1 aliphatic rings. The van der Waals surface area contributed by atoms with Gasteiger partial charge in [-0.25, -0.2) is 14.2 Å². The Labute approximate surface area is 152 Å². The summed E-state index contributed by atoms with van der Waals surface area (Å²) in [5.74, 6) is 0.191. The van der Waals surface area contributed by atoms with Gasteiger partial charge in [-0.1, -0.05) is 0 Å². The first-order valence-electron chi connectivity index (χ1n) is 8.71. The molecule has 1 aromatic heterocycles. The van der Waals surface area contributed by atoms with Crippen molar-refractivity contribution < 1.29 is 18.3 Å². The fourth-order valence-corrected chi connectivity index (χ4v) is 2.75. The van der Waals surface area contributed by atoms with E-state index in [0.717, 1.165) is 24.3 Å². The fraction of sp³-hybridized carbons (Fsp3) is 0.474. The van der Waals surface area contributed by atoms with E-state index >= 15 is 0 Å². The molecule has 2 aromatic rings. The third-order valence-electron chi connectivity index (χ3n) is 4.05. The SMILES string of the molecule is CC(C)(C)OC(=O)N1CCN(Cc2coc(-c3ccc(F)cc3)n2)CC1. The van der Waals surface area contributed by atoms with Crippen molar-refractivity contribution in [3.63, 3.8) is 0 Å². The van der Waals surface area contributed by atoms with Gasteiger partial charge in [0.05, 0.1) is 5.69 Å². The molecule has 2 heterocycles. The summed E-state index contributed by atoms with van der Waals surface area (Å²) in [6.07, 6.45) is 1.36. The lowest BCUT2D eigenvalue weighted by molar-refractivity contribution is 0.0138. The second kappa shape index (κ2) is 7.45. The van der Waals surface area contributed by atoms with Gasteiger partial charge in [-0.15, -0.1) is 0 Å². The Kier molecular flexibility index (Phi) is 5.27. The molecule has 0 aliphatic carbocycles. The molecule has 0 unspecified atom stereocenters. The molecule has 7 heteroatoms.